The summed E-state index contributed by atoms with van der Waals surface area (Å²) in [7, 11) is -4.53. The van der Waals surface area contributed by atoms with E-state index in [4.69, 9.17) is 0 Å². The Morgan fingerprint density at radius 1 is 0.640 bits per heavy atom. The van der Waals surface area contributed by atoms with Crippen LogP contribution in [-0.4, -0.2) is 34.8 Å². The van der Waals surface area contributed by atoms with E-state index < -0.39 is 29.4 Å². The number of carbonyl (C=O) groups excluding carboxylic acids is 1. The molecule has 1 nitrogen and oxygen atoms in total. The first-order valence-corrected chi connectivity index (χ1v) is 26.2. The highest BCUT2D eigenvalue weighted by Crippen LogP contribution is 2.62. The summed E-state index contributed by atoms with van der Waals surface area (Å²) in [6, 6.07) is 0. The van der Waals surface area contributed by atoms with Gasteiger partial charge in [0.15, 0.2) is 0 Å². The molecule has 0 unspecified atom stereocenters. The first kappa shape index (κ1) is 20.3. The van der Waals surface area contributed by atoms with Gasteiger partial charge in [0.1, 0.15) is 12.0 Å². The zero-order valence-electron chi connectivity index (χ0n) is 18.4. The lowest BCUT2D eigenvalue weighted by molar-refractivity contribution is -0.135. The molecule has 0 saturated heterocycles. The maximum Gasteiger partial charge on any atom is 0.113 e. The van der Waals surface area contributed by atoms with Crippen LogP contribution in [0.2, 0.25) is 58.9 Å². The first-order chi connectivity index (χ1) is 11.1. The van der Waals surface area contributed by atoms with E-state index in [9.17, 15) is 4.79 Å². The molecule has 4 fully saturated rings. The highest BCUT2D eigenvalue weighted by atomic mass is 29.9. The second-order valence-electron chi connectivity index (χ2n) is 13.0. The van der Waals surface area contributed by atoms with Gasteiger partial charge in [-0.05, 0) is 56.3 Å². The second kappa shape index (κ2) is 5.77. The Kier molecular flexibility index (Phi) is 4.68. The number of carbonyl (C=O) groups is 1. The zero-order chi connectivity index (χ0) is 19.1. The van der Waals surface area contributed by atoms with Gasteiger partial charge in [-0.25, -0.2) is 0 Å². The summed E-state index contributed by atoms with van der Waals surface area (Å²) in [6.45, 7) is 21.4. The Bertz CT molecular complexity index is 490. The molecule has 5 heteroatoms. The smallest absolute Gasteiger partial charge is 0.113 e. The molecule has 0 aromatic rings. The maximum atomic E-state index is 14.8. The Labute approximate surface area is 160 Å². The summed E-state index contributed by atoms with van der Waals surface area (Å²) in [5, 5.41) is 0.955. The average Bonchev–Trinajstić information content (AvgIpc) is 2.31. The molecule has 144 valence electrons. The van der Waals surface area contributed by atoms with E-state index in [-0.39, 0.29) is 5.41 Å². The summed E-state index contributed by atoms with van der Waals surface area (Å²) in [5.74, 6) is 2.69. The van der Waals surface area contributed by atoms with Gasteiger partial charge in [0, 0.05) is 28.2 Å². The van der Waals surface area contributed by atoms with Gasteiger partial charge in [0.2, 0.25) is 0 Å². The van der Waals surface area contributed by atoms with Crippen molar-refractivity contribution in [1.29, 1.82) is 0 Å². The van der Waals surface area contributed by atoms with E-state index in [1.807, 2.05) is 0 Å². The van der Waals surface area contributed by atoms with Crippen molar-refractivity contribution >= 4 is 34.8 Å². The van der Waals surface area contributed by atoms with Gasteiger partial charge in [-0.15, -0.1) is 0 Å². The van der Waals surface area contributed by atoms with Crippen molar-refractivity contribution in [3.63, 3.8) is 0 Å². The molecule has 4 aliphatic rings. The van der Waals surface area contributed by atoms with Crippen LogP contribution in [0.15, 0.2) is 0 Å². The van der Waals surface area contributed by atoms with Crippen molar-refractivity contribution in [2.45, 2.75) is 97.4 Å². The summed E-state index contributed by atoms with van der Waals surface area (Å²) in [5.41, 5.74) is 0.141. The topological polar surface area (TPSA) is 17.1 Å². The lowest BCUT2D eigenvalue weighted by Crippen LogP contribution is -2.88. The third-order valence-corrected chi connectivity index (χ3v) is 79.0. The predicted octanol–water partition coefficient (Wildman–Crippen LogP) is 6.01. The van der Waals surface area contributed by atoms with Gasteiger partial charge in [-0.1, -0.05) is 58.9 Å². The van der Waals surface area contributed by atoms with Crippen molar-refractivity contribution in [2.75, 3.05) is 0 Å². The highest BCUT2D eigenvalue weighted by molar-refractivity contribution is 7.96. The Morgan fingerprint density at radius 3 is 1.16 bits per heavy atom. The van der Waals surface area contributed by atoms with Crippen LogP contribution in [0.5, 0.6) is 0 Å². The summed E-state index contributed by atoms with van der Waals surface area (Å²) < 4.78 is 0. The molecule has 0 heterocycles. The molecule has 0 atom stereocenters. The van der Waals surface area contributed by atoms with Gasteiger partial charge in [-0.2, -0.15) is 0 Å². The molecule has 0 spiro atoms. The lowest BCUT2D eigenvalue weighted by Gasteiger charge is -2.63. The van der Waals surface area contributed by atoms with Crippen LogP contribution >= 0.6 is 0 Å². The van der Waals surface area contributed by atoms with Crippen LogP contribution in [0, 0.1) is 23.2 Å². The van der Waals surface area contributed by atoms with Gasteiger partial charge in [-0.3, -0.25) is 0 Å². The minimum Gasteiger partial charge on any atom is -0.306 e. The normalized spacial score (nSPS) is 36.0. The Hall–Kier alpha value is 0.538. The van der Waals surface area contributed by atoms with E-state index in [2.05, 4.69) is 58.9 Å². The van der Waals surface area contributed by atoms with Gasteiger partial charge >= 0.3 is 0 Å². The number of hydrogen-bond acceptors (Lipinski definition) is 1. The molecule has 0 aliphatic heterocycles. The molecule has 0 N–H and O–H groups in total. The fraction of sp³-hybridized carbons (Fsp3) is 0.950. The molecule has 0 aromatic carbocycles. The second-order valence-corrected chi connectivity index (χ2v) is 53.2. The van der Waals surface area contributed by atoms with Gasteiger partial charge in [0.05, 0.1) is 0 Å². The Balaban J connectivity index is 2.16. The SMILES string of the molecule is C[Si](C)(C)[Si](C(=O)C12CC3CC(CC(C3)C1)C2)([Si](C)(C)C)[Si](C)(C)C. The number of hydrogen-bond donors (Lipinski definition) is 0. The van der Waals surface area contributed by atoms with Crippen LogP contribution < -0.4 is 0 Å². The van der Waals surface area contributed by atoms with Gasteiger partial charge in [0.25, 0.3) is 0 Å². The van der Waals surface area contributed by atoms with Crippen LogP contribution in [0.1, 0.15) is 38.5 Å². The van der Waals surface area contributed by atoms with Crippen molar-refractivity contribution < 1.29 is 4.79 Å². The van der Waals surface area contributed by atoms with Crippen molar-refractivity contribution in [2.24, 2.45) is 23.2 Å². The van der Waals surface area contributed by atoms with Crippen molar-refractivity contribution in [3.8, 4) is 0 Å². The van der Waals surface area contributed by atoms with Crippen molar-refractivity contribution in [3.05, 3.63) is 0 Å². The molecule has 4 saturated carbocycles. The lowest BCUT2D eigenvalue weighted by atomic mass is 9.50. The highest BCUT2D eigenvalue weighted by Gasteiger charge is 2.71. The quantitative estimate of drug-likeness (QED) is 0.507. The maximum absolute atomic E-state index is 14.8. The monoisotopic (exact) mass is 410 g/mol. The predicted molar refractivity (Wildman–Crippen MR) is 121 cm³/mol. The molecular weight excluding hydrogens is 369 g/mol. The molecule has 4 aliphatic carbocycles. The van der Waals surface area contributed by atoms with Crippen LogP contribution in [0.4, 0.5) is 0 Å². The standard InChI is InChI=1S/C20H42OSi4/c1-22(2,3)25(23(4,5)6,24(7,8)9)19(21)20-13-16-10-17(14-20)12-18(11-16)15-20/h16-18H,10-15H2,1-9H3. The fourth-order valence-corrected chi connectivity index (χ4v) is 109. The van der Waals surface area contributed by atoms with Gasteiger partial charge < -0.3 is 4.79 Å². The minimum absolute atomic E-state index is 0.141. The third-order valence-electron chi connectivity index (χ3n) is 8.24. The van der Waals surface area contributed by atoms with E-state index in [1.165, 1.54) is 38.5 Å². The summed E-state index contributed by atoms with van der Waals surface area (Å²) in [6.07, 6.45) is 8.21. The average molecular weight is 411 g/mol. The largest absolute Gasteiger partial charge is 0.306 e. The summed E-state index contributed by atoms with van der Waals surface area (Å²) in [4.78, 5) is 14.8. The molecular formula is C20H42OSi4. The zero-order valence-corrected chi connectivity index (χ0v) is 22.4. The van der Waals surface area contributed by atoms with E-state index in [0.717, 1.165) is 23.2 Å². The molecule has 4 bridgehead atoms. The minimum atomic E-state index is -1.91. The van der Waals surface area contributed by atoms with E-state index >= 15 is 0 Å². The molecule has 0 aromatic heterocycles. The first-order valence-electron chi connectivity index (χ1n) is 10.7. The van der Waals surface area contributed by atoms with Crippen LogP contribution in [0.25, 0.3) is 0 Å². The van der Waals surface area contributed by atoms with E-state index in [1.54, 1.807) is 0 Å². The molecule has 0 amide bonds. The Morgan fingerprint density at radius 2 is 0.920 bits per heavy atom. The molecule has 25 heavy (non-hydrogen) atoms. The number of rotatable bonds is 5. The summed E-state index contributed by atoms with van der Waals surface area (Å²) >= 11 is 0. The van der Waals surface area contributed by atoms with E-state index in [0.29, 0.717) is 0 Å². The molecule has 4 rings (SSSR count). The van der Waals surface area contributed by atoms with Crippen LogP contribution in [-0.2, 0) is 4.79 Å². The van der Waals surface area contributed by atoms with Crippen molar-refractivity contribution in [1.82, 2.24) is 0 Å². The van der Waals surface area contributed by atoms with Crippen LogP contribution in [0.3, 0.4) is 0 Å². The third kappa shape index (κ3) is 2.82. The molecule has 0 radical (unpaired) electrons. The fourth-order valence-electron chi connectivity index (χ4n) is 9.18.